The van der Waals surface area contributed by atoms with Gasteiger partial charge in [-0.25, -0.2) is 4.79 Å². The van der Waals surface area contributed by atoms with Crippen LogP contribution in [0.4, 0.5) is 11.4 Å². The molecule has 32 heavy (non-hydrogen) atoms. The normalized spacial score (nSPS) is 11.6. The zero-order valence-electron chi connectivity index (χ0n) is 17.9. The Hall–Kier alpha value is -3.72. The number of amides is 1. The van der Waals surface area contributed by atoms with Gasteiger partial charge in [0.2, 0.25) is 5.76 Å². The number of aryl methyl sites for hydroxylation is 1. The fourth-order valence-corrected chi connectivity index (χ4v) is 3.13. The van der Waals surface area contributed by atoms with Crippen molar-refractivity contribution in [2.24, 2.45) is 5.92 Å². The third-order valence-electron chi connectivity index (χ3n) is 4.70. The number of anilines is 2. The molecule has 4 N–H and O–H groups in total. The van der Waals surface area contributed by atoms with Crippen molar-refractivity contribution in [3.63, 3.8) is 0 Å². The van der Waals surface area contributed by atoms with Gasteiger partial charge in [-0.2, -0.15) is 0 Å². The summed E-state index contributed by atoms with van der Waals surface area (Å²) in [5.74, 6) is -2.07. The molecule has 2 aromatic carbocycles. The fourth-order valence-electron chi connectivity index (χ4n) is 2.90. The highest BCUT2D eigenvalue weighted by atomic mass is 32.1. The van der Waals surface area contributed by atoms with Crippen LogP contribution in [-0.2, 0) is 4.79 Å². The molecule has 0 aliphatic heterocycles. The predicted octanol–water partition coefficient (Wildman–Crippen LogP) is 4.30. The molecule has 0 fully saturated rings. The second-order valence-electron chi connectivity index (χ2n) is 7.63. The highest BCUT2D eigenvalue weighted by molar-refractivity contribution is 7.80. The molecule has 0 saturated carbocycles. The van der Waals surface area contributed by atoms with E-state index < -0.39 is 17.9 Å². The molecule has 9 heteroatoms. The van der Waals surface area contributed by atoms with Crippen LogP contribution >= 0.6 is 12.2 Å². The van der Waals surface area contributed by atoms with Gasteiger partial charge in [-0.3, -0.25) is 4.79 Å². The molecular formula is C23H24N4O4S. The monoisotopic (exact) mass is 452 g/mol. The van der Waals surface area contributed by atoms with Gasteiger partial charge in [-0.1, -0.05) is 48.8 Å². The summed E-state index contributed by atoms with van der Waals surface area (Å²) in [5, 5.41) is 22.3. The largest absolute Gasteiger partial charge is 0.480 e. The minimum absolute atomic E-state index is 0.0578. The second-order valence-corrected chi connectivity index (χ2v) is 8.04. The van der Waals surface area contributed by atoms with E-state index in [1.807, 2.05) is 55.5 Å². The molecule has 0 radical (unpaired) electrons. The Morgan fingerprint density at radius 3 is 2.09 bits per heavy atom. The summed E-state index contributed by atoms with van der Waals surface area (Å²) in [7, 11) is 0. The van der Waals surface area contributed by atoms with Gasteiger partial charge in [-0.15, -0.1) is 0 Å². The maximum atomic E-state index is 12.3. The number of carboxylic acids is 1. The maximum absolute atomic E-state index is 12.3. The lowest BCUT2D eigenvalue weighted by atomic mass is 10.0. The van der Waals surface area contributed by atoms with Gasteiger partial charge in [-0.05, 0) is 49.3 Å². The van der Waals surface area contributed by atoms with E-state index in [9.17, 15) is 14.7 Å². The lowest BCUT2D eigenvalue weighted by molar-refractivity contribution is -0.140. The number of hydrogen-bond donors (Lipinski definition) is 4. The van der Waals surface area contributed by atoms with Crippen LogP contribution in [0.1, 0.15) is 30.0 Å². The van der Waals surface area contributed by atoms with E-state index in [0.717, 1.165) is 16.9 Å². The Balaban J connectivity index is 1.62. The summed E-state index contributed by atoms with van der Waals surface area (Å²) in [5.41, 5.74) is 4.02. The minimum atomic E-state index is -1.11. The van der Waals surface area contributed by atoms with Crippen molar-refractivity contribution in [3.8, 4) is 11.3 Å². The average molecular weight is 453 g/mol. The first-order valence-corrected chi connectivity index (χ1v) is 10.4. The molecule has 0 spiro atoms. The first-order valence-electron chi connectivity index (χ1n) is 9.98. The average Bonchev–Trinajstić information content (AvgIpc) is 3.24. The van der Waals surface area contributed by atoms with Gasteiger partial charge in [0.15, 0.2) is 5.11 Å². The van der Waals surface area contributed by atoms with Crippen LogP contribution in [0.25, 0.3) is 11.3 Å². The molecule has 1 atom stereocenters. The summed E-state index contributed by atoms with van der Waals surface area (Å²) >= 11 is 5.34. The zero-order valence-corrected chi connectivity index (χ0v) is 18.7. The van der Waals surface area contributed by atoms with Crippen molar-refractivity contribution in [1.29, 1.82) is 0 Å². The lowest BCUT2D eigenvalue weighted by Crippen LogP contribution is -2.44. The molecule has 0 saturated heterocycles. The zero-order chi connectivity index (χ0) is 23.3. The summed E-state index contributed by atoms with van der Waals surface area (Å²) < 4.78 is 5.11. The van der Waals surface area contributed by atoms with E-state index in [-0.39, 0.29) is 11.7 Å². The predicted molar refractivity (Wildman–Crippen MR) is 127 cm³/mol. The number of nitrogens with zero attached hydrogens (tertiary/aromatic N) is 1. The van der Waals surface area contributed by atoms with Crippen LogP contribution in [0.3, 0.4) is 0 Å². The van der Waals surface area contributed by atoms with E-state index in [1.54, 1.807) is 13.8 Å². The Bertz CT molecular complexity index is 1110. The van der Waals surface area contributed by atoms with Crippen molar-refractivity contribution >= 4 is 40.6 Å². The SMILES string of the molecule is Cc1ccc(NC(=S)Nc2ccc(-c3cc(C(=O)NC(C(=O)O)C(C)C)on3)cc2)cc1. The smallest absolute Gasteiger partial charge is 0.326 e. The quantitative estimate of drug-likeness (QED) is 0.392. The molecule has 0 aliphatic rings. The van der Waals surface area contributed by atoms with Crippen molar-refractivity contribution < 1.29 is 19.2 Å². The van der Waals surface area contributed by atoms with E-state index >= 15 is 0 Å². The second kappa shape index (κ2) is 10.1. The van der Waals surface area contributed by atoms with Crippen molar-refractivity contribution in [3.05, 3.63) is 65.9 Å². The molecule has 0 bridgehead atoms. The molecule has 166 valence electrons. The number of rotatable bonds is 7. The molecule has 1 heterocycles. The van der Waals surface area contributed by atoms with E-state index in [1.165, 1.54) is 11.6 Å². The van der Waals surface area contributed by atoms with Crippen molar-refractivity contribution in [2.75, 3.05) is 10.6 Å². The third kappa shape index (κ3) is 5.92. The van der Waals surface area contributed by atoms with Crippen LogP contribution in [0.5, 0.6) is 0 Å². The standard InChI is InChI=1S/C23H24N4O4S/c1-13(2)20(22(29)30)26-21(28)19-12-18(27-31-19)15-6-10-17(11-7-15)25-23(32)24-16-8-4-14(3)5-9-16/h4-13,20H,1-3H3,(H,26,28)(H,29,30)(H2,24,25,32). The van der Waals surface area contributed by atoms with Gasteiger partial charge in [0.1, 0.15) is 11.7 Å². The molecular weight excluding hydrogens is 428 g/mol. The molecule has 1 aromatic heterocycles. The number of carbonyl (C=O) groups excluding carboxylic acids is 1. The van der Waals surface area contributed by atoms with Crippen LogP contribution in [0.15, 0.2) is 59.1 Å². The topological polar surface area (TPSA) is 116 Å². The highest BCUT2D eigenvalue weighted by Crippen LogP contribution is 2.22. The van der Waals surface area contributed by atoms with E-state index in [2.05, 4.69) is 21.1 Å². The number of nitrogens with one attached hydrogen (secondary N) is 3. The third-order valence-corrected chi connectivity index (χ3v) is 4.91. The van der Waals surface area contributed by atoms with E-state index in [4.69, 9.17) is 16.7 Å². The lowest BCUT2D eigenvalue weighted by Gasteiger charge is -2.16. The van der Waals surface area contributed by atoms with Crippen molar-refractivity contribution in [2.45, 2.75) is 26.8 Å². The molecule has 8 nitrogen and oxygen atoms in total. The van der Waals surface area contributed by atoms with Crippen LogP contribution in [0, 0.1) is 12.8 Å². The highest BCUT2D eigenvalue weighted by Gasteiger charge is 2.25. The minimum Gasteiger partial charge on any atom is -0.480 e. The molecule has 3 rings (SSSR count). The van der Waals surface area contributed by atoms with Crippen molar-refractivity contribution in [1.82, 2.24) is 10.5 Å². The molecule has 1 unspecified atom stereocenters. The Morgan fingerprint density at radius 2 is 1.56 bits per heavy atom. The summed E-state index contributed by atoms with van der Waals surface area (Å²) in [6, 6.07) is 15.6. The number of benzene rings is 2. The fraction of sp³-hybridized carbons (Fsp3) is 0.217. The van der Waals surface area contributed by atoms with Crippen LogP contribution in [-0.4, -0.2) is 33.3 Å². The number of thiocarbonyl (C=S) groups is 1. The Morgan fingerprint density at radius 1 is 1.00 bits per heavy atom. The van der Waals surface area contributed by atoms with Gasteiger partial charge in [0.25, 0.3) is 5.91 Å². The van der Waals surface area contributed by atoms with Gasteiger partial charge in [0, 0.05) is 23.0 Å². The van der Waals surface area contributed by atoms with Gasteiger partial charge in [0.05, 0.1) is 0 Å². The number of aliphatic carboxylic acids is 1. The van der Waals surface area contributed by atoms with Gasteiger partial charge < -0.3 is 25.6 Å². The van der Waals surface area contributed by atoms with Gasteiger partial charge >= 0.3 is 5.97 Å². The van der Waals surface area contributed by atoms with Crippen LogP contribution in [0.2, 0.25) is 0 Å². The number of carboxylic acid groups (broad SMARTS) is 1. The first-order chi connectivity index (χ1) is 15.2. The summed E-state index contributed by atoms with van der Waals surface area (Å²) in [6.07, 6.45) is 0. The summed E-state index contributed by atoms with van der Waals surface area (Å²) in [4.78, 5) is 23.6. The number of hydrogen-bond acceptors (Lipinski definition) is 5. The molecule has 3 aromatic rings. The van der Waals surface area contributed by atoms with E-state index in [0.29, 0.717) is 10.8 Å². The first kappa shape index (κ1) is 23.0. The Kier molecular flexibility index (Phi) is 7.21. The Labute approximate surface area is 191 Å². The number of aromatic nitrogens is 1. The number of carbonyl (C=O) groups is 2. The maximum Gasteiger partial charge on any atom is 0.326 e. The molecule has 1 amide bonds. The molecule has 0 aliphatic carbocycles. The van der Waals surface area contributed by atoms with Crippen LogP contribution < -0.4 is 16.0 Å². The summed E-state index contributed by atoms with van der Waals surface area (Å²) in [6.45, 7) is 5.44.